The molecule has 0 spiro atoms. The number of carbonyl (C=O) groups excluding carboxylic acids is 1. The van der Waals surface area contributed by atoms with Crippen molar-refractivity contribution in [3.8, 4) is 11.1 Å². The normalized spacial score (nSPS) is 15.1. The first kappa shape index (κ1) is 26.1. The first-order chi connectivity index (χ1) is 17.6. The molecule has 4 N–H and O–H groups in total. The zero-order valence-corrected chi connectivity index (χ0v) is 20.3. The molecule has 1 fully saturated rings. The molecule has 9 heteroatoms. The van der Waals surface area contributed by atoms with Crippen LogP contribution in [-0.4, -0.2) is 29.6 Å². The number of aromatic carboxylic acids is 1. The highest BCUT2D eigenvalue weighted by molar-refractivity contribution is 6.03. The van der Waals surface area contributed by atoms with Gasteiger partial charge < -0.3 is 21.1 Å². The van der Waals surface area contributed by atoms with Crippen LogP contribution in [0.5, 0.6) is 0 Å². The van der Waals surface area contributed by atoms with Gasteiger partial charge in [0.05, 0.1) is 16.9 Å². The van der Waals surface area contributed by atoms with Gasteiger partial charge in [-0.3, -0.25) is 0 Å². The number of alkyl halides is 2. The minimum Gasteiger partial charge on any atom is -0.478 e. The van der Waals surface area contributed by atoms with Crippen LogP contribution in [0.4, 0.5) is 35.0 Å². The topological polar surface area (TPSA) is 90.5 Å². The third-order valence-corrected chi connectivity index (χ3v) is 6.52. The molecule has 4 rings (SSSR count). The molecule has 2 amide bonds. The largest absolute Gasteiger partial charge is 0.478 e. The zero-order valence-electron chi connectivity index (χ0n) is 20.3. The number of aryl methyl sites for hydroxylation is 1. The number of carboxylic acid groups (broad SMARTS) is 1. The van der Waals surface area contributed by atoms with Gasteiger partial charge in [0.25, 0.3) is 0 Å². The van der Waals surface area contributed by atoms with E-state index in [1.54, 1.807) is 30.3 Å². The smallest absolute Gasteiger partial charge is 0.336 e. The van der Waals surface area contributed by atoms with Crippen LogP contribution < -0.4 is 16.0 Å². The van der Waals surface area contributed by atoms with Crippen molar-refractivity contribution in [2.75, 3.05) is 22.5 Å². The first-order valence-electron chi connectivity index (χ1n) is 12.0. The lowest BCUT2D eigenvalue weighted by Gasteiger charge is -2.28. The van der Waals surface area contributed by atoms with Crippen LogP contribution in [0.25, 0.3) is 11.1 Å². The highest BCUT2D eigenvalue weighted by Crippen LogP contribution is 2.37. The van der Waals surface area contributed by atoms with Gasteiger partial charge >= 0.3 is 12.0 Å². The fraction of sp³-hybridized carbons (Fsp3) is 0.286. The van der Waals surface area contributed by atoms with Gasteiger partial charge in [0.2, 0.25) is 5.92 Å². The molecule has 37 heavy (non-hydrogen) atoms. The van der Waals surface area contributed by atoms with Gasteiger partial charge in [-0.15, -0.1) is 0 Å². The Balaban J connectivity index is 1.60. The van der Waals surface area contributed by atoms with Gasteiger partial charge in [-0.25, -0.2) is 22.8 Å². The van der Waals surface area contributed by atoms with Crippen LogP contribution in [0.2, 0.25) is 0 Å². The molecule has 1 aliphatic carbocycles. The van der Waals surface area contributed by atoms with Crippen LogP contribution in [0.1, 0.15) is 41.6 Å². The Kier molecular flexibility index (Phi) is 7.71. The van der Waals surface area contributed by atoms with Crippen LogP contribution in [0, 0.1) is 18.7 Å². The van der Waals surface area contributed by atoms with Gasteiger partial charge in [0.15, 0.2) is 0 Å². The molecular weight excluding hydrogens is 483 g/mol. The number of urea groups is 1. The Bertz CT molecular complexity index is 1290. The second kappa shape index (κ2) is 10.9. The minimum atomic E-state index is -2.62. The second-order valence-electron chi connectivity index (χ2n) is 9.38. The summed E-state index contributed by atoms with van der Waals surface area (Å²) < 4.78 is 41.1. The van der Waals surface area contributed by atoms with Crippen LogP contribution in [0.15, 0.2) is 60.7 Å². The van der Waals surface area contributed by atoms with Gasteiger partial charge in [-0.05, 0) is 79.3 Å². The molecule has 0 aliphatic heterocycles. The van der Waals surface area contributed by atoms with Crippen molar-refractivity contribution >= 4 is 29.1 Å². The molecule has 6 nitrogen and oxygen atoms in total. The standard InChI is InChI=1S/C28H28F3N3O3/c1-17-2-6-21(7-3-17)33-27(37)34-25-14-19(23-15-20(29)5-8-22(23)26(35)36)4-9-24(25)32-16-18-10-12-28(30,31)13-11-18/h2-9,14-15,18,32H,10-13,16H2,1H3,(H,35,36)(H2,33,34,37). The van der Waals surface area contributed by atoms with Crippen LogP contribution in [-0.2, 0) is 0 Å². The molecule has 1 saturated carbocycles. The Labute approximate surface area is 212 Å². The molecule has 0 bridgehead atoms. The van der Waals surface area contributed by atoms with E-state index in [-0.39, 0.29) is 29.9 Å². The van der Waals surface area contributed by atoms with E-state index in [9.17, 15) is 27.9 Å². The zero-order chi connectivity index (χ0) is 26.6. The van der Waals surface area contributed by atoms with Gasteiger partial charge in [-0.2, -0.15) is 0 Å². The summed E-state index contributed by atoms with van der Waals surface area (Å²) in [6, 6.07) is 14.9. The highest BCUT2D eigenvalue weighted by atomic mass is 19.3. The van der Waals surface area contributed by atoms with E-state index in [2.05, 4.69) is 16.0 Å². The SMILES string of the molecule is Cc1ccc(NC(=O)Nc2cc(-c3cc(F)ccc3C(=O)O)ccc2NCC2CCC(F)(F)CC2)cc1. The minimum absolute atomic E-state index is 0.0513. The number of carbonyl (C=O) groups is 2. The van der Waals surface area contributed by atoms with E-state index in [1.165, 1.54) is 6.07 Å². The first-order valence-corrected chi connectivity index (χ1v) is 12.0. The summed E-state index contributed by atoms with van der Waals surface area (Å²) in [5.74, 6) is -4.37. The van der Waals surface area contributed by atoms with E-state index >= 15 is 0 Å². The Hall–Kier alpha value is -4.01. The molecule has 3 aromatic carbocycles. The number of carboxylic acids is 1. The van der Waals surface area contributed by atoms with Crippen molar-refractivity contribution < 1.29 is 27.9 Å². The quantitative estimate of drug-likeness (QED) is 0.266. The fourth-order valence-electron chi connectivity index (χ4n) is 4.39. The predicted molar refractivity (Wildman–Crippen MR) is 138 cm³/mol. The third kappa shape index (κ3) is 6.81. The van der Waals surface area contributed by atoms with Crippen molar-refractivity contribution in [3.63, 3.8) is 0 Å². The summed E-state index contributed by atoms with van der Waals surface area (Å²) in [4.78, 5) is 24.5. The fourth-order valence-corrected chi connectivity index (χ4v) is 4.39. The highest BCUT2D eigenvalue weighted by Gasteiger charge is 2.34. The average molecular weight is 512 g/mol. The number of nitrogens with one attached hydrogen (secondary N) is 3. The van der Waals surface area contributed by atoms with Crippen molar-refractivity contribution in [3.05, 3.63) is 77.6 Å². The van der Waals surface area contributed by atoms with E-state index in [4.69, 9.17) is 0 Å². The lowest BCUT2D eigenvalue weighted by atomic mass is 9.87. The maximum absolute atomic E-state index is 14.0. The van der Waals surface area contributed by atoms with E-state index in [0.717, 1.165) is 17.7 Å². The van der Waals surface area contributed by atoms with Gasteiger partial charge in [-0.1, -0.05) is 23.8 Å². The predicted octanol–water partition coefficient (Wildman–Crippen LogP) is 7.38. The van der Waals surface area contributed by atoms with Crippen LogP contribution >= 0.6 is 0 Å². The lowest BCUT2D eigenvalue weighted by molar-refractivity contribution is -0.0443. The number of rotatable bonds is 7. The third-order valence-electron chi connectivity index (χ3n) is 6.52. The molecule has 0 heterocycles. The Morgan fingerprint density at radius 3 is 2.32 bits per heavy atom. The van der Waals surface area contributed by atoms with E-state index in [0.29, 0.717) is 42.0 Å². The Morgan fingerprint density at radius 2 is 1.65 bits per heavy atom. The molecule has 0 saturated heterocycles. The number of benzene rings is 3. The second-order valence-corrected chi connectivity index (χ2v) is 9.38. The van der Waals surface area contributed by atoms with Gasteiger partial charge in [0, 0.05) is 25.1 Å². The van der Waals surface area contributed by atoms with Crippen molar-refractivity contribution in [1.82, 2.24) is 0 Å². The molecular formula is C28H28F3N3O3. The monoisotopic (exact) mass is 511 g/mol. The maximum Gasteiger partial charge on any atom is 0.336 e. The molecule has 0 atom stereocenters. The number of anilines is 3. The number of hydrogen-bond donors (Lipinski definition) is 4. The van der Waals surface area contributed by atoms with E-state index < -0.39 is 23.7 Å². The number of amides is 2. The van der Waals surface area contributed by atoms with Crippen molar-refractivity contribution in [1.29, 1.82) is 0 Å². The average Bonchev–Trinajstić information content (AvgIpc) is 2.85. The van der Waals surface area contributed by atoms with Crippen molar-refractivity contribution in [2.45, 2.75) is 38.5 Å². The summed E-state index contributed by atoms with van der Waals surface area (Å²) in [7, 11) is 0. The summed E-state index contributed by atoms with van der Waals surface area (Å²) in [5.41, 5.74) is 2.96. The molecule has 0 aromatic heterocycles. The molecule has 194 valence electrons. The number of halogens is 3. The van der Waals surface area contributed by atoms with Crippen molar-refractivity contribution in [2.24, 2.45) is 5.92 Å². The van der Waals surface area contributed by atoms with Gasteiger partial charge in [0.1, 0.15) is 5.82 Å². The molecule has 0 unspecified atom stereocenters. The Morgan fingerprint density at radius 1 is 0.946 bits per heavy atom. The van der Waals surface area contributed by atoms with Crippen LogP contribution in [0.3, 0.4) is 0 Å². The summed E-state index contributed by atoms with van der Waals surface area (Å²) >= 11 is 0. The maximum atomic E-state index is 14.0. The van der Waals surface area contributed by atoms with E-state index in [1.807, 2.05) is 19.1 Å². The number of hydrogen-bond acceptors (Lipinski definition) is 3. The summed E-state index contributed by atoms with van der Waals surface area (Å²) in [6.07, 6.45) is 0.472. The molecule has 1 aliphatic rings. The molecule has 3 aromatic rings. The summed E-state index contributed by atoms with van der Waals surface area (Å²) in [6.45, 7) is 2.36. The molecule has 0 radical (unpaired) electrons. The lowest BCUT2D eigenvalue weighted by Crippen LogP contribution is -2.28. The summed E-state index contributed by atoms with van der Waals surface area (Å²) in [5, 5.41) is 18.3.